The van der Waals surface area contributed by atoms with E-state index in [-0.39, 0.29) is 5.84 Å². The SMILES string of the molecule is CS(=O)(=O)NCCNCc1ccc(/C(N)=N/O)cc1Cl. The van der Waals surface area contributed by atoms with Gasteiger partial charge in [0.1, 0.15) is 0 Å². The fourth-order valence-corrected chi connectivity index (χ4v) is 2.18. The predicted octanol–water partition coefficient (Wildman–Crippen LogP) is 0.0733. The maximum atomic E-state index is 10.8. The summed E-state index contributed by atoms with van der Waals surface area (Å²) >= 11 is 6.07. The number of nitrogens with two attached hydrogens (primary N) is 1. The second-order valence-corrected chi connectivity index (χ2v) is 6.37. The van der Waals surface area contributed by atoms with Crippen LogP contribution in [0.4, 0.5) is 0 Å². The van der Waals surface area contributed by atoms with Crippen LogP contribution >= 0.6 is 11.6 Å². The van der Waals surface area contributed by atoms with Crippen molar-refractivity contribution in [2.45, 2.75) is 6.54 Å². The Hall–Kier alpha value is -1.35. The predicted molar refractivity (Wildman–Crippen MR) is 78.5 cm³/mol. The molecule has 0 atom stereocenters. The van der Waals surface area contributed by atoms with Crippen molar-refractivity contribution in [2.24, 2.45) is 10.9 Å². The minimum Gasteiger partial charge on any atom is -0.409 e. The van der Waals surface area contributed by atoms with Crippen LogP contribution < -0.4 is 15.8 Å². The highest BCUT2D eigenvalue weighted by Gasteiger charge is 2.05. The first-order valence-corrected chi connectivity index (χ1v) is 8.02. The minimum atomic E-state index is -3.16. The van der Waals surface area contributed by atoms with Gasteiger partial charge in [-0.15, -0.1) is 0 Å². The molecule has 0 amide bonds. The molecule has 5 N–H and O–H groups in total. The average molecular weight is 321 g/mol. The number of oxime groups is 1. The van der Waals surface area contributed by atoms with Crippen molar-refractivity contribution in [3.05, 3.63) is 34.3 Å². The summed E-state index contributed by atoms with van der Waals surface area (Å²) in [7, 11) is -3.16. The number of amidine groups is 1. The van der Waals surface area contributed by atoms with Crippen molar-refractivity contribution in [3.8, 4) is 0 Å². The molecule has 9 heteroatoms. The van der Waals surface area contributed by atoms with E-state index in [9.17, 15) is 8.42 Å². The normalized spacial score (nSPS) is 12.6. The molecule has 0 aliphatic heterocycles. The smallest absolute Gasteiger partial charge is 0.208 e. The number of benzene rings is 1. The lowest BCUT2D eigenvalue weighted by atomic mass is 10.1. The molecule has 0 saturated carbocycles. The molecule has 7 nitrogen and oxygen atoms in total. The number of rotatable bonds is 7. The quantitative estimate of drug-likeness (QED) is 0.186. The van der Waals surface area contributed by atoms with Gasteiger partial charge >= 0.3 is 0 Å². The van der Waals surface area contributed by atoms with Gasteiger partial charge in [0.2, 0.25) is 10.0 Å². The highest BCUT2D eigenvalue weighted by Crippen LogP contribution is 2.17. The Morgan fingerprint density at radius 1 is 1.45 bits per heavy atom. The van der Waals surface area contributed by atoms with Crippen LogP contribution in [0.5, 0.6) is 0 Å². The Labute approximate surface area is 122 Å². The third-order valence-corrected chi connectivity index (χ3v) is 3.52. The van der Waals surface area contributed by atoms with Gasteiger partial charge in [-0.2, -0.15) is 0 Å². The van der Waals surface area contributed by atoms with E-state index < -0.39 is 10.0 Å². The van der Waals surface area contributed by atoms with Gasteiger partial charge in [-0.3, -0.25) is 0 Å². The lowest BCUT2D eigenvalue weighted by molar-refractivity contribution is 0.318. The molecule has 0 aliphatic rings. The van der Waals surface area contributed by atoms with Gasteiger partial charge in [0.05, 0.1) is 6.26 Å². The van der Waals surface area contributed by atoms with Crippen LogP contribution in [0.2, 0.25) is 5.02 Å². The number of nitrogens with zero attached hydrogens (tertiary/aromatic N) is 1. The maximum Gasteiger partial charge on any atom is 0.208 e. The van der Waals surface area contributed by atoms with Crippen LogP contribution in [0.15, 0.2) is 23.4 Å². The lowest BCUT2D eigenvalue weighted by Gasteiger charge is -2.08. The number of sulfonamides is 1. The van der Waals surface area contributed by atoms with Crippen LogP contribution in [0.3, 0.4) is 0 Å². The lowest BCUT2D eigenvalue weighted by Crippen LogP contribution is -2.30. The van der Waals surface area contributed by atoms with E-state index in [1.54, 1.807) is 18.2 Å². The van der Waals surface area contributed by atoms with E-state index in [0.717, 1.165) is 11.8 Å². The molecule has 1 aromatic carbocycles. The largest absolute Gasteiger partial charge is 0.409 e. The summed E-state index contributed by atoms with van der Waals surface area (Å²) in [6, 6.07) is 5.04. The van der Waals surface area contributed by atoms with Crippen LogP contribution in [-0.4, -0.2) is 38.8 Å². The van der Waals surface area contributed by atoms with Crippen LogP contribution in [0.1, 0.15) is 11.1 Å². The zero-order chi connectivity index (χ0) is 15.2. The van der Waals surface area contributed by atoms with Crippen molar-refractivity contribution in [1.82, 2.24) is 10.0 Å². The fourth-order valence-electron chi connectivity index (χ4n) is 1.46. The summed E-state index contributed by atoms with van der Waals surface area (Å²) in [5.41, 5.74) is 6.82. The second kappa shape index (κ2) is 7.44. The Kier molecular flexibility index (Phi) is 6.21. The number of halogens is 1. The molecule has 112 valence electrons. The van der Waals surface area contributed by atoms with Crippen molar-refractivity contribution in [1.29, 1.82) is 0 Å². The van der Waals surface area contributed by atoms with Gasteiger partial charge in [-0.25, -0.2) is 13.1 Å². The van der Waals surface area contributed by atoms with Gasteiger partial charge in [0.25, 0.3) is 0 Å². The molecule has 1 aromatic rings. The first kappa shape index (κ1) is 16.7. The molecule has 0 saturated heterocycles. The number of nitrogens with one attached hydrogen (secondary N) is 2. The topological polar surface area (TPSA) is 117 Å². The Balaban J connectivity index is 2.49. The Morgan fingerprint density at radius 3 is 2.70 bits per heavy atom. The summed E-state index contributed by atoms with van der Waals surface area (Å²) in [4.78, 5) is 0. The van der Waals surface area contributed by atoms with E-state index in [4.69, 9.17) is 22.5 Å². The summed E-state index contributed by atoms with van der Waals surface area (Å²) in [5.74, 6) is -0.0104. The molecule has 0 bridgehead atoms. The summed E-state index contributed by atoms with van der Waals surface area (Å²) in [6.07, 6.45) is 1.11. The second-order valence-electron chi connectivity index (χ2n) is 4.13. The van der Waals surface area contributed by atoms with Gasteiger partial charge in [0.15, 0.2) is 5.84 Å². The highest BCUT2D eigenvalue weighted by atomic mass is 35.5. The van der Waals surface area contributed by atoms with Crippen molar-refractivity contribution < 1.29 is 13.6 Å². The summed E-state index contributed by atoms with van der Waals surface area (Å²) in [6.45, 7) is 1.27. The zero-order valence-corrected chi connectivity index (χ0v) is 12.5. The van der Waals surface area contributed by atoms with Gasteiger partial charge in [0, 0.05) is 30.2 Å². The van der Waals surface area contributed by atoms with Crippen molar-refractivity contribution in [3.63, 3.8) is 0 Å². The molecule has 1 rings (SSSR count). The minimum absolute atomic E-state index is 0.0104. The molecule has 0 aliphatic carbocycles. The molecule has 20 heavy (non-hydrogen) atoms. The molecule has 0 heterocycles. The molecule has 0 fully saturated rings. The van der Waals surface area contributed by atoms with Crippen LogP contribution in [0.25, 0.3) is 0 Å². The van der Waals surface area contributed by atoms with E-state index in [1.807, 2.05) is 0 Å². The maximum absolute atomic E-state index is 10.8. The average Bonchev–Trinajstić information content (AvgIpc) is 2.37. The van der Waals surface area contributed by atoms with Gasteiger partial charge in [-0.05, 0) is 11.6 Å². The van der Waals surface area contributed by atoms with Crippen LogP contribution in [-0.2, 0) is 16.6 Å². The molecular formula is C11H17ClN4O3S. The van der Waals surface area contributed by atoms with Gasteiger partial charge in [-0.1, -0.05) is 28.9 Å². The molecule has 0 aromatic heterocycles. The fraction of sp³-hybridized carbons (Fsp3) is 0.364. The third-order valence-electron chi connectivity index (χ3n) is 2.44. The van der Waals surface area contributed by atoms with Crippen molar-refractivity contribution in [2.75, 3.05) is 19.3 Å². The molecular weight excluding hydrogens is 304 g/mol. The summed E-state index contributed by atoms with van der Waals surface area (Å²) < 4.78 is 24.1. The van der Waals surface area contributed by atoms with E-state index in [1.165, 1.54) is 0 Å². The number of hydrogen-bond donors (Lipinski definition) is 4. The Morgan fingerprint density at radius 2 is 2.15 bits per heavy atom. The van der Waals surface area contributed by atoms with E-state index in [0.29, 0.717) is 30.2 Å². The molecule has 0 spiro atoms. The standard InChI is InChI=1S/C11H17ClN4O3S/c1-20(18,19)15-5-4-14-7-9-3-2-8(6-10(9)12)11(13)16-17/h2-3,6,14-15,17H,4-5,7H2,1H3,(H2,13,16). The number of hydrogen-bond acceptors (Lipinski definition) is 5. The first-order valence-electron chi connectivity index (χ1n) is 5.75. The highest BCUT2D eigenvalue weighted by molar-refractivity contribution is 7.88. The van der Waals surface area contributed by atoms with Gasteiger partial charge < -0.3 is 16.3 Å². The van der Waals surface area contributed by atoms with E-state index >= 15 is 0 Å². The Bertz CT molecular complexity index is 589. The monoisotopic (exact) mass is 320 g/mol. The third kappa shape index (κ3) is 5.74. The van der Waals surface area contributed by atoms with Crippen LogP contribution in [0, 0.1) is 0 Å². The molecule has 0 unspecified atom stereocenters. The summed E-state index contributed by atoms with van der Waals surface area (Å²) in [5, 5.41) is 15.0. The van der Waals surface area contributed by atoms with E-state index in [2.05, 4.69) is 15.2 Å². The molecule has 0 radical (unpaired) electrons. The zero-order valence-electron chi connectivity index (χ0n) is 10.9. The first-order chi connectivity index (χ1) is 9.33. The van der Waals surface area contributed by atoms with Crippen molar-refractivity contribution >= 4 is 27.5 Å².